The minimum atomic E-state index is -1.63. The molecular formula is C29H27NO5S. The SMILES string of the molecule is COC(=O)[C@@H]1Sc2ccccc2[C@]1(N=C(c1ccccc1)c1ccccc1)C(=O)OCC1(C)COC1. The number of hydrogen-bond acceptors (Lipinski definition) is 7. The molecule has 36 heavy (non-hydrogen) atoms. The van der Waals surface area contributed by atoms with Gasteiger partial charge in [0.25, 0.3) is 0 Å². The number of esters is 2. The van der Waals surface area contributed by atoms with E-state index in [0.29, 0.717) is 24.5 Å². The zero-order valence-electron chi connectivity index (χ0n) is 20.2. The number of nitrogens with zero attached hydrogens (tertiary/aromatic N) is 1. The quantitative estimate of drug-likeness (QED) is 0.347. The largest absolute Gasteiger partial charge is 0.468 e. The standard InChI is InChI=1S/C29H27NO5S/c1-28(17-34-18-28)19-35-27(32)29(22-15-9-10-16-23(22)36-25(29)26(31)33-2)30-24(20-11-5-3-6-12-20)21-13-7-4-8-14-21/h3-16,25H,17-19H2,1-2H3/t25-,29+/m0/s1. The van der Waals surface area contributed by atoms with Crippen molar-refractivity contribution in [3.05, 3.63) is 102 Å². The highest BCUT2D eigenvalue weighted by molar-refractivity contribution is 8.01. The molecule has 1 saturated heterocycles. The highest BCUT2D eigenvalue weighted by Gasteiger charge is 2.59. The lowest BCUT2D eigenvalue weighted by Gasteiger charge is -2.38. The van der Waals surface area contributed by atoms with Gasteiger partial charge in [-0.3, -0.25) is 9.79 Å². The van der Waals surface area contributed by atoms with E-state index in [1.807, 2.05) is 91.9 Å². The molecule has 0 aromatic heterocycles. The molecule has 0 aliphatic carbocycles. The Bertz CT molecular complexity index is 1250. The summed E-state index contributed by atoms with van der Waals surface area (Å²) < 4.78 is 16.5. The second-order valence-corrected chi connectivity index (χ2v) is 10.5. The van der Waals surface area contributed by atoms with E-state index in [-0.39, 0.29) is 12.0 Å². The Kier molecular flexibility index (Phi) is 6.69. The molecule has 3 aromatic carbocycles. The van der Waals surface area contributed by atoms with Crippen LogP contribution >= 0.6 is 11.8 Å². The van der Waals surface area contributed by atoms with E-state index in [1.54, 1.807) is 0 Å². The van der Waals surface area contributed by atoms with Gasteiger partial charge in [0, 0.05) is 27.0 Å². The van der Waals surface area contributed by atoms with Gasteiger partial charge in [0.15, 0.2) is 0 Å². The van der Waals surface area contributed by atoms with Crippen molar-refractivity contribution in [3.8, 4) is 0 Å². The highest BCUT2D eigenvalue weighted by atomic mass is 32.2. The van der Waals surface area contributed by atoms with Crippen molar-refractivity contribution in [1.29, 1.82) is 0 Å². The van der Waals surface area contributed by atoms with Gasteiger partial charge in [-0.1, -0.05) is 85.8 Å². The summed E-state index contributed by atoms with van der Waals surface area (Å²) >= 11 is 1.28. The number of benzene rings is 3. The Balaban J connectivity index is 1.73. The normalized spacial score (nSPS) is 21.6. The maximum atomic E-state index is 14.2. The Hall–Kier alpha value is -3.42. The lowest BCUT2D eigenvalue weighted by Crippen LogP contribution is -2.50. The van der Waals surface area contributed by atoms with Crippen molar-refractivity contribution < 1.29 is 23.8 Å². The van der Waals surface area contributed by atoms with Gasteiger partial charge in [0.05, 0.1) is 26.0 Å². The van der Waals surface area contributed by atoms with Gasteiger partial charge in [0.2, 0.25) is 5.54 Å². The Morgan fingerprint density at radius 1 is 0.944 bits per heavy atom. The van der Waals surface area contributed by atoms with Crippen LogP contribution in [-0.4, -0.2) is 49.8 Å². The molecule has 2 heterocycles. The topological polar surface area (TPSA) is 74.2 Å². The zero-order chi connectivity index (χ0) is 25.2. The fraction of sp³-hybridized carbons (Fsp3) is 0.276. The summed E-state index contributed by atoms with van der Waals surface area (Å²) in [5.74, 6) is -1.11. The molecule has 2 aliphatic heterocycles. The predicted octanol–water partition coefficient (Wildman–Crippen LogP) is 4.65. The third-order valence-electron chi connectivity index (χ3n) is 6.48. The molecule has 0 bridgehead atoms. The number of fused-ring (bicyclic) bond motifs is 1. The summed E-state index contributed by atoms with van der Waals surface area (Å²) in [5.41, 5.74) is 0.999. The van der Waals surface area contributed by atoms with Crippen molar-refractivity contribution in [3.63, 3.8) is 0 Å². The van der Waals surface area contributed by atoms with Gasteiger partial charge in [0.1, 0.15) is 11.9 Å². The molecule has 1 fully saturated rings. The number of methoxy groups -OCH3 is 1. The number of carbonyl (C=O) groups excluding carboxylic acids is 2. The van der Waals surface area contributed by atoms with E-state index < -0.39 is 22.7 Å². The van der Waals surface area contributed by atoms with Crippen molar-refractivity contribution in [1.82, 2.24) is 0 Å². The third-order valence-corrected chi connectivity index (χ3v) is 7.86. The van der Waals surface area contributed by atoms with Crippen LogP contribution in [0.4, 0.5) is 0 Å². The second kappa shape index (κ2) is 9.91. The van der Waals surface area contributed by atoms with Gasteiger partial charge >= 0.3 is 11.9 Å². The number of rotatable bonds is 7. The van der Waals surface area contributed by atoms with Crippen LogP contribution in [0.15, 0.2) is 94.8 Å². The first-order valence-corrected chi connectivity index (χ1v) is 12.6. The summed E-state index contributed by atoms with van der Waals surface area (Å²) in [6, 6.07) is 26.8. The van der Waals surface area contributed by atoms with E-state index >= 15 is 0 Å². The fourth-order valence-electron chi connectivity index (χ4n) is 4.49. The second-order valence-electron chi connectivity index (χ2n) is 9.36. The average Bonchev–Trinajstić information content (AvgIpc) is 3.25. The van der Waals surface area contributed by atoms with Gasteiger partial charge < -0.3 is 14.2 Å². The molecule has 0 spiro atoms. The van der Waals surface area contributed by atoms with E-state index in [0.717, 1.165) is 16.0 Å². The van der Waals surface area contributed by atoms with Gasteiger partial charge in [-0.15, -0.1) is 11.8 Å². The van der Waals surface area contributed by atoms with Crippen LogP contribution in [0.1, 0.15) is 23.6 Å². The van der Waals surface area contributed by atoms with Crippen LogP contribution in [-0.2, 0) is 29.3 Å². The molecular weight excluding hydrogens is 474 g/mol. The summed E-state index contributed by atoms with van der Waals surface area (Å²) in [6.45, 7) is 3.22. The monoisotopic (exact) mass is 501 g/mol. The van der Waals surface area contributed by atoms with Crippen LogP contribution in [0.3, 0.4) is 0 Å². The fourth-order valence-corrected chi connectivity index (χ4v) is 5.89. The van der Waals surface area contributed by atoms with Crippen molar-refractivity contribution >= 4 is 29.4 Å². The third kappa shape index (κ3) is 4.33. The molecule has 0 unspecified atom stereocenters. The van der Waals surface area contributed by atoms with Crippen LogP contribution in [0.5, 0.6) is 0 Å². The first-order chi connectivity index (χ1) is 17.5. The lowest BCUT2D eigenvalue weighted by atomic mass is 9.85. The molecule has 2 aliphatic rings. The maximum absolute atomic E-state index is 14.2. The molecule has 0 N–H and O–H groups in total. The van der Waals surface area contributed by atoms with Crippen molar-refractivity contribution in [2.45, 2.75) is 22.6 Å². The first-order valence-electron chi connectivity index (χ1n) is 11.8. The number of thioether (sulfide) groups is 1. The van der Waals surface area contributed by atoms with Gasteiger partial charge in [-0.25, -0.2) is 4.79 Å². The molecule has 3 aromatic rings. The Labute approximate surface area is 214 Å². The van der Waals surface area contributed by atoms with E-state index in [2.05, 4.69) is 0 Å². The summed E-state index contributed by atoms with van der Waals surface area (Å²) in [5, 5.41) is -0.944. The van der Waals surface area contributed by atoms with Gasteiger partial charge in [-0.05, 0) is 6.07 Å². The van der Waals surface area contributed by atoms with Crippen molar-refractivity contribution in [2.24, 2.45) is 10.4 Å². The first kappa shape index (κ1) is 24.3. The zero-order valence-corrected chi connectivity index (χ0v) is 21.0. The molecule has 5 rings (SSSR count). The number of aliphatic imine (C=N–C) groups is 1. The lowest BCUT2D eigenvalue weighted by molar-refractivity contribution is -0.172. The molecule has 2 atom stereocenters. The van der Waals surface area contributed by atoms with Crippen LogP contribution < -0.4 is 0 Å². The van der Waals surface area contributed by atoms with Gasteiger partial charge in [-0.2, -0.15) is 0 Å². The average molecular weight is 502 g/mol. The van der Waals surface area contributed by atoms with Crippen LogP contribution in [0.25, 0.3) is 0 Å². The summed E-state index contributed by atoms with van der Waals surface area (Å²) in [4.78, 5) is 33.3. The van der Waals surface area contributed by atoms with Crippen molar-refractivity contribution in [2.75, 3.05) is 26.9 Å². The smallest absolute Gasteiger partial charge is 0.340 e. The van der Waals surface area contributed by atoms with E-state index in [9.17, 15) is 9.59 Å². The number of carbonyl (C=O) groups is 2. The van der Waals surface area contributed by atoms with E-state index in [1.165, 1.54) is 18.9 Å². The molecule has 0 amide bonds. The molecule has 6 nitrogen and oxygen atoms in total. The Morgan fingerprint density at radius 3 is 2.08 bits per heavy atom. The molecule has 0 radical (unpaired) electrons. The minimum Gasteiger partial charge on any atom is -0.468 e. The molecule has 184 valence electrons. The Morgan fingerprint density at radius 2 is 1.53 bits per heavy atom. The van der Waals surface area contributed by atoms with E-state index in [4.69, 9.17) is 19.2 Å². The predicted molar refractivity (Wildman–Crippen MR) is 138 cm³/mol. The molecule has 0 saturated carbocycles. The van der Waals surface area contributed by atoms with Crippen LogP contribution in [0, 0.1) is 5.41 Å². The number of hydrogen-bond donors (Lipinski definition) is 0. The molecule has 7 heteroatoms. The highest BCUT2D eigenvalue weighted by Crippen LogP contribution is 2.52. The summed E-state index contributed by atoms with van der Waals surface area (Å²) in [7, 11) is 1.33. The minimum absolute atomic E-state index is 0.176. The number of ether oxygens (including phenoxy) is 3. The summed E-state index contributed by atoms with van der Waals surface area (Å²) in [6.07, 6.45) is 0. The van der Waals surface area contributed by atoms with Crippen LogP contribution in [0.2, 0.25) is 0 Å². The maximum Gasteiger partial charge on any atom is 0.340 e.